The fourth-order valence-electron chi connectivity index (χ4n) is 1.49. The van der Waals surface area contributed by atoms with E-state index in [4.69, 9.17) is 9.47 Å². The number of rotatable bonds is 2. The highest BCUT2D eigenvalue weighted by molar-refractivity contribution is 9.10. The van der Waals surface area contributed by atoms with Crippen LogP contribution in [0.4, 0.5) is 0 Å². The highest BCUT2D eigenvalue weighted by Gasteiger charge is 2.14. The predicted octanol–water partition coefficient (Wildman–Crippen LogP) is 2.86. The van der Waals surface area contributed by atoms with E-state index in [1.54, 1.807) is 12.1 Å². The molecule has 90 valence electrons. The van der Waals surface area contributed by atoms with Crippen molar-refractivity contribution in [1.82, 2.24) is 0 Å². The molecule has 1 aromatic rings. The van der Waals surface area contributed by atoms with E-state index in [1.807, 2.05) is 0 Å². The topological polar surface area (TPSA) is 61.6 Å². The monoisotopic (exact) mass is 299 g/mol. The van der Waals surface area contributed by atoms with Crippen molar-refractivity contribution in [2.45, 2.75) is 6.42 Å². The van der Waals surface area contributed by atoms with Crippen molar-refractivity contribution < 1.29 is 14.4 Å². The molecule has 0 fully saturated rings. The Balaban J connectivity index is 2.35. The molecule has 1 aromatic carbocycles. The molecule has 17 heavy (non-hydrogen) atoms. The van der Waals surface area contributed by atoms with E-state index < -0.39 is 4.92 Å². The summed E-state index contributed by atoms with van der Waals surface area (Å²) in [5.74, 6) is 1.26. The first-order chi connectivity index (χ1) is 8.16. The zero-order chi connectivity index (χ0) is 12.3. The highest BCUT2D eigenvalue weighted by atomic mass is 79.9. The normalized spacial score (nSPS) is 14.6. The van der Waals surface area contributed by atoms with E-state index in [0.717, 1.165) is 17.1 Å². The number of hydrogen-bond donors (Lipinski definition) is 0. The van der Waals surface area contributed by atoms with Crippen LogP contribution < -0.4 is 9.47 Å². The van der Waals surface area contributed by atoms with Crippen LogP contribution in [-0.2, 0) is 0 Å². The van der Waals surface area contributed by atoms with Gasteiger partial charge in [-0.2, -0.15) is 0 Å². The molecule has 0 saturated heterocycles. The number of nitro groups is 1. The van der Waals surface area contributed by atoms with Gasteiger partial charge in [0.05, 0.1) is 22.6 Å². The Kier molecular flexibility index (Phi) is 3.63. The Bertz CT molecular complexity index is 473. The molecule has 0 aromatic heterocycles. The molecule has 0 atom stereocenters. The summed E-state index contributed by atoms with van der Waals surface area (Å²) < 4.78 is 11.8. The largest absolute Gasteiger partial charge is 0.489 e. The molecular formula is C11H10BrNO4. The van der Waals surface area contributed by atoms with E-state index in [0.29, 0.717) is 30.3 Å². The summed E-state index contributed by atoms with van der Waals surface area (Å²) in [6.45, 7) is 1.19. The molecule has 1 aliphatic rings. The number of benzene rings is 1. The van der Waals surface area contributed by atoms with Crippen molar-refractivity contribution in [3.8, 4) is 11.5 Å². The van der Waals surface area contributed by atoms with Crippen LogP contribution in [0.15, 0.2) is 22.8 Å². The van der Waals surface area contributed by atoms with Gasteiger partial charge in [-0.3, -0.25) is 10.1 Å². The summed E-state index contributed by atoms with van der Waals surface area (Å²) in [4.78, 5) is 9.75. The fraction of sp³-hybridized carbons (Fsp3) is 0.273. The van der Waals surface area contributed by atoms with Gasteiger partial charge in [-0.1, -0.05) is 0 Å². The second-order valence-corrected chi connectivity index (χ2v) is 4.34. The SMILES string of the molecule is O=[N+]([O-])C=Cc1cc(Br)c2c(c1)OCCCO2. The van der Waals surface area contributed by atoms with Crippen molar-refractivity contribution in [2.24, 2.45) is 0 Å². The molecule has 6 heteroatoms. The molecule has 2 rings (SSSR count). The van der Waals surface area contributed by atoms with Gasteiger partial charge in [0.1, 0.15) is 0 Å². The highest BCUT2D eigenvalue weighted by Crippen LogP contribution is 2.38. The Labute approximate surface area is 106 Å². The molecule has 0 unspecified atom stereocenters. The first-order valence-corrected chi connectivity index (χ1v) is 5.87. The van der Waals surface area contributed by atoms with Crippen molar-refractivity contribution in [1.29, 1.82) is 0 Å². The van der Waals surface area contributed by atoms with E-state index in [-0.39, 0.29) is 0 Å². The van der Waals surface area contributed by atoms with Crippen LogP contribution in [0.1, 0.15) is 12.0 Å². The molecular weight excluding hydrogens is 290 g/mol. The van der Waals surface area contributed by atoms with Crippen LogP contribution in [0.2, 0.25) is 0 Å². The van der Waals surface area contributed by atoms with Gasteiger partial charge in [-0.05, 0) is 33.6 Å². The summed E-state index contributed by atoms with van der Waals surface area (Å²) in [7, 11) is 0. The second kappa shape index (κ2) is 5.18. The smallest absolute Gasteiger partial charge is 0.235 e. The van der Waals surface area contributed by atoms with E-state index >= 15 is 0 Å². The number of ether oxygens (including phenoxy) is 2. The van der Waals surface area contributed by atoms with Gasteiger partial charge >= 0.3 is 0 Å². The number of fused-ring (bicyclic) bond motifs is 1. The minimum Gasteiger partial charge on any atom is -0.489 e. The molecule has 0 bridgehead atoms. The second-order valence-electron chi connectivity index (χ2n) is 3.48. The minimum atomic E-state index is -0.503. The Morgan fingerprint density at radius 2 is 2.12 bits per heavy atom. The zero-order valence-corrected chi connectivity index (χ0v) is 10.5. The van der Waals surface area contributed by atoms with E-state index in [2.05, 4.69) is 15.9 Å². The molecule has 0 spiro atoms. The maximum Gasteiger partial charge on any atom is 0.235 e. The molecule has 0 N–H and O–H groups in total. The van der Waals surface area contributed by atoms with Gasteiger partial charge in [0.15, 0.2) is 11.5 Å². The van der Waals surface area contributed by atoms with E-state index in [1.165, 1.54) is 6.08 Å². The van der Waals surface area contributed by atoms with Crippen LogP contribution in [0.3, 0.4) is 0 Å². The van der Waals surface area contributed by atoms with Crippen molar-refractivity contribution in [2.75, 3.05) is 13.2 Å². The van der Waals surface area contributed by atoms with Crippen molar-refractivity contribution in [3.05, 3.63) is 38.5 Å². The fourth-order valence-corrected chi connectivity index (χ4v) is 2.07. The molecule has 5 nitrogen and oxygen atoms in total. The van der Waals surface area contributed by atoms with Crippen molar-refractivity contribution in [3.63, 3.8) is 0 Å². The van der Waals surface area contributed by atoms with Gasteiger partial charge < -0.3 is 9.47 Å². The van der Waals surface area contributed by atoms with Gasteiger partial charge in [0.2, 0.25) is 6.20 Å². The third-order valence-corrected chi connectivity index (χ3v) is 2.80. The van der Waals surface area contributed by atoms with Crippen LogP contribution in [0.5, 0.6) is 11.5 Å². The lowest BCUT2D eigenvalue weighted by Crippen LogP contribution is -1.97. The summed E-state index contributed by atoms with van der Waals surface area (Å²) in [5, 5.41) is 10.3. The molecule has 0 saturated carbocycles. The van der Waals surface area contributed by atoms with Crippen LogP contribution in [-0.4, -0.2) is 18.1 Å². The Morgan fingerprint density at radius 1 is 1.35 bits per heavy atom. The lowest BCUT2D eigenvalue weighted by molar-refractivity contribution is -0.400. The van der Waals surface area contributed by atoms with Gasteiger partial charge in [0.25, 0.3) is 0 Å². The minimum absolute atomic E-state index is 0.503. The van der Waals surface area contributed by atoms with Crippen molar-refractivity contribution >= 4 is 22.0 Å². The molecule has 0 radical (unpaired) electrons. The summed E-state index contributed by atoms with van der Waals surface area (Å²) in [6, 6.07) is 3.49. The molecule has 0 amide bonds. The lowest BCUT2D eigenvalue weighted by atomic mass is 10.2. The number of hydrogen-bond acceptors (Lipinski definition) is 4. The Morgan fingerprint density at radius 3 is 2.88 bits per heavy atom. The average Bonchev–Trinajstić information content (AvgIpc) is 2.51. The number of halogens is 1. The average molecular weight is 300 g/mol. The molecule has 1 aliphatic heterocycles. The van der Waals surface area contributed by atoms with Crippen LogP contribution in [0.25, 0.3) is 6.08 Å². The summed E-state index contributed by atoms with van der Waals surface area (Å²) in [6.07, 6.45) is 3.13. The Hall–Kier alpha value is -1.56. The third kappa shape index (κ3) is 2.97. The first kappa shape index (κ1) is 11.9. The lowest BCUT2D eigenvalue weighted by Gasteiger charge is -2.09. The summed E-state index contributed by atoms with van der Waals surface area (Å²) in [5.41, 5.74) is 0.692. The summed E-state index contributed by atoms with van der Waals surface area (Å²) >= 11 is 3.37. The maximum atomic E-state index is 10.3. The van der Waals surface area contributed by atoms with E-state index in [9.17, 15) is 10.1 Å². The van der Waals surface area contributed by atoms with Crippen LogP contribution in [0, 0.1) is 10.1 Å². The quantitative estimate of drug-likeness (QED) is 0.622. The third-order valence-electron chi connectivity index (χ3n) is 2.21. The van der Waals surface area contributed by atoms with Gasteiger partial charge in [-0.25, -0.2) is 0 Å². The first-order valence-electron chi connectivity index (χ1n) is 5.07. The van der Waals surface area contributed by atoms with Gasteiger partial charge in [0, 0.05) is 12.5 Å². The van der Waals surface area contributed by atoms with Gasteiger partial charge in [-0.15, -0.1) is 0 Å². The maximum absolute atomic E-state index is 10.3. The standard InChI is InChI=1S/C11H10BrNO4/c12-9-6-8(2-3-13(14)15)7-10-11(9)17-5-1-4-16-10/h2-3,6-7H,1,4-5H2. The van der Waals surface area contributed by atoms with Crippen LogP contribution >= 0.6 is 15.9 Å². The zero-order valence-electron chi connectivity index (χ0n) is 8.89. The predicted molar refractivity (Wildman–Crippen MR) is 65.8 cm³/mol. The number of nitrogens with zero attached hydrogens (tertiary/aromatic N) is 1. The molecule has 1 heterocycles. The molecule has 0 aliphatic carbocycles.